The molecule has 0 aliphatic carbocycles. The number of furan rings is 1. The van der Waals surface area contributed by atoms with Crippen LogP contribution in [-0.2, 0) is 0 Å². The molecule has 1 heterocycles. The molecule has 2 rings (SSSR count). The minimum absolute atomic E-state index is 0.0260. The molecule has 1 aromatic carbocycles. The minimum Gasteiger partial charge on any atom is -0.459 e. The van der Waals surface area contributed by atoms with Gasteiger partial charge in [0.25, 0.3) is 5.69 Å². The van der Waals surface area contributed by atoms with Crippen LogP contribution in [0.15, 0.2) is 40.8 Å². The Labute approximate surface area is 98.0 Å². The number of benzene rings is 1. The molecule has 2 aromatic rings. The molecule has 0 saturated carbocycles. The Bertz CT molecular complexity index is 546. The Kier molecular flexibility index (Phi) is 2.93. The first-order valence-electron chi connectivity index (χ1n) is 5.18. The lowest BCUT2D eigenvalue weighted by molar-refractivity contribution is -0.384. The SMILES string of the molecule is CC(N)c1ccc(-c2ccccc2[N+](=O)[O-])o1. The third kappa shape index (κ3) is 2.19. The van der Waals surface area contributed by atoms with Crippen molar-refractivity contribution < 1.29 is 9.34 Å². The maximum Gasteiger partial charge on any atom is 0.280 e. The number of para-hydroxylation sites is 1. The second-order valence-electron chi connectivity index (χ2n) is 3.76. The molecule has 5 nitrogen and oxygen atoms in total. The smallest absolute Gasteiger partial charge is 0.280 e. The van der Waals surface area contributed by atoms with Crippen molar-refractivity contribution >= 4 is 5.69 Å². The molecule has 17 heavy (non-hydrogen) atoms. The lowest BCUT2D eigenvalue weighted by Crippen LogP contribution is -2.02. The minimum atomic E-state index is -0.427. The molecule has 5 heteroatoms. The van der Waals surface area contributed by atoms with Crippen LogP contribution in [0.3, 0.4) is 0 Å². The van der Waals surface area contributed by atoms with E-state index in [0.717, 1.165) is 0 Å². The summed E-state index contributed by atoms with van der Waals surface area (Å²) in [7, 11) is 0. The molecule has 1 unspecified atom stereocenters. The van der Waals surface area contributed by atoms with E-state index < -0.39 is 4.92 Å². The van der Waals surface area contributed by atoms with Gasteiger partial charge in [-0.1, -0.05) is 12.1 Å². The Balaban J connectivity index is 2.49. The standard InChI is InChI=1S/C12H12N2O3/c1-8(13)11-6-7-12(17-11)9-4-2-3-5-10(9)14(15)16/h2-8H,13H2,1H3. The molecular weight excluding hydrogens is 220 g/mol. The van der Waals surface area contributed by atoms with Crippen molar-refractivity contribution in [2.24, 2.45) is 5.73 Å². The fourth-order valence-corrected chi connectivity index (χ4v) is 1.58. The first-order valence-corrected chi connectivity index (χ1v) is 5.18. The molecule has 0 bridgehead atoms. The Morgan fingerprint density at radius 1 is 1.29 bits per heavy atom. The average molecular weight is 232 g/mol. The Hall–Kier alpha value is -2.14. The molecule has 0 spiro atoms. The molecule has 88 valence electrons. The molecule has 0 amide bonds. The van der Waals surface area contributed by atoms with Gasteiger partial charge < -0.3 is 10.2 Å². The van der Waals surface area contributed by atoms with E-state index in [4.69, 9.17) is 10.2 Å². The molecule has 0 saturated heterocycles. The van der Waals surface area contributed by atoms with Crippen LogP contribution in [0.1, 0.15) is 18.7 Å². The van der Waals surface area contributed by atoms with Crippen molar-refractivity contribution in [3.05, 3.63) is 52.3 Å². The van der Waals surface area contributed by atoms with E-state index in [1.807, 2.05) is 0 Å². The zero-order chi connectivity index (χ0) is 12.4. The molecule has 2 N–H and O–H groups in total. The van der Waals surface area contributed by atoms with Crippen molar-refractivity contribution in [2.45, 2.75) is 13.0 Å². The monoisotopic (exact) mass is 232 g/mol. The summed E-state index contributed by atoms with van der Waals surface area (Å²) in [4.78, 5) is 10.4. The fraction of sp³-hybridized carbons (Fsp3) is 0.167. The number of hydrogen-bond donors (Lipinski definition) is 1. The maximum atomic E-state index is 10.9. The molecule has 0 aliphatic heterocycles. The van der Waals surface area contributed by atoms with Gasteiger partial charge in [0.1, 0.15) is 11.5 Å². The number of nitrogens with zero attached hydrogens (tertiary/aromatic N) is 1. The zero-order valence-corrected chi connectivity index (χ0v) is 9.29. The normalized spacial score (nSPS) is 12.4. The summed E-state index contributed by atoms with van der Waals surface area (Å²) in [5.41, 5.74) is 6.16. The zero-order valence-electron chi connectivity index (χ0n) is 9.29. The highest BCUT2D eigenvalue weighted by Crippen LogP contribution is 2.31. The molecule has 0 fully saturated rings. The second-order valence-corrected chi connectivity index (χ2v) is 3.76. The number of hydrogen-bond acceptors (Lipinski definition) is 4. The van der Waals surface area contributed by atoms with Gasteiger partial charge in [0, 0.05) is 6.07 Å². The summed E-state index contributed by atoms with van der Waals surface area (Å²) < 4.78 is 5.49. The third-order valence-electron chi connectivity index (χ3n) is 2.44. The van der Waals surface area contributed by atoms with Crippen LogP contribution in [0.25, 0.3) is 11.3 Å². The number of nitro benzene ring substituents is 1. The summed E-state index contributed by atoms with van der Waals surface area (Å²) in [5, 5.41) is 10.9. The first-order chi connectivity index (χ1) is 8.09. The van der Waals surface area contributed by atoms with Gasteiger partial charge >= 0.3 is 0 Å². The second kappa shape index (κ2) is 4.39. The highest BCUT2D eigenvalue weighted by molar-refractivity contribution is 5.69. The molecular formula is C12H12N2O3. The van der Waals surface area contributed by atoms with Crippen molar-refractivity contribution in [3.8, 4) is 11.3 Å². The summed E-state index contributed by atoms with van der Waals surface area (Å²) >= 11 is 0. The van der Waals surface area contributed by atoms with E-state index in [9.17, 15) is 10.1 Å². The number of rotatable bonds is 3. The van der Waals surface area contributed by atoms with Gasteiger partial charge in [-0.05, 0) is 25.1 Å². The van der Waals surface area contributed by atoms with E-state index in [1.165, 1.54) is 6.07 Å². The van der Waals surface area contributed by atoms with Crippen LogP contribution in [0.4, 0.5) is 5.69 Å². The van der Waals surface area contributed by atoms with Crippen LogP contribution in [0.5, 0.6) is 0 Å². The van der Waals surface area contributed by atoms with Crippen LogP contribution in [0.2, 0.25) is 0 Å². The van der Waals surface area contributed by atoms with Crippen molar-refractivity contribution in [3.63, 3.8) is 0 Å². The van der Waals surface area contributed by atoms with Gasteiger partial charge in [-0.2, -0.15) is 0 Å². The number of nitro groups is 1. The fourth-order valence-electron chi connectivity index (χ4n) is 1.58. The molecule has 1 atom stereocenters. The largest absolute Gasteiger partial charge is 0.459 e. The topological polar surface area (TPSA) is 82.3 Å². The summed E-state index contributed by atoms with van der Waals surface area (Å²) in [6, 6.07) is 9.66. The Morgan fingerprint density at radius 3 is 2.59 bits per heavy atom. The van der Waals surface area contributed by atoms with Crippen LogP contribution in [-0.4, -0.2) is 4.92 Å². The molecule has 0 aliphatic rings. The lowest BCUT2D eigenvalue weighted by atomic mass is 10.1. The predicted octanol–water partition coefficient (Wildman–Crippen LogP) is 2.87. The van der Waals surface area contributed by atoms with E-state index in [2.05, 4.69) is 0 Å². The van der Waals surface area contributed by atoms with Gasteiger partial charge in [-0.25, -0.2) is 0 Å². The average Bonchev–Trinajstić information content (AvgIpc) is 2.78. The molecule has 1 aromatic heterocycles. The van der Waals surface area contributed by atoms with E-state index in [1.54, 1.807) is 37.3 Å². The van der Waals surface area contributed by atoms with E-state index in [-0.39, 0.29) is 11.7 Å². The van der Waals surface area contributed by atoms with Gasteiger partial charge in [0.2, 0.25) is 0 Å². The highest BCUT2D eigenvalue weighted by atomic mass is 16.6. The quantitative estimate of drug-likeness (QED) is 0.651. The van der Waals surface area contributed by atoms with Crippen LogP contribution < -0.4 is 5.73 Å². The third-order valence-corrected chi connectivity index (χ3v) is 2.44. The Morgan fingerprint density at radius 2 is 2.00 bits per heavy atom. The van der Waals surface area contributed by atoms with E-state index >= 15 is 0 Å². The summed E-state index contributed by atoms with van der Waals surface area (Å²) in [6.45, 7) is 1.79. The predicted molar refractivity (Wildman–Crippen MR) is 63.4 cm³/mol. The van der Waals surface area contributed by atoms with Gasteiger partial charge in [0.05, 0.1) is 16.5 Å². The van der Waals surface area contributed by atoms with Crippen LogP contribution in [0, 0.1) is 10.1 Å². The van der Waals surface area contributed by atoms with E-state index in [0.29, 0.717) is 17.1 Å². The van der Waals surface area contributed by atoms with Crippen molar-refractivity contribution in [2.75, 3.05) is 0 Å². The maximum absolute atomic E-state index is 10.9. The first kappa shape index (κ1) is 11.3. The van der Waals surface area contributed by atoms with Crippen molar-refractivity contribution in [1.29, 1.82) is 0 Å². The van der Waals surface area contributed by atoms with Gasteiger partial charge in [0.15, 0.2) is 0 Å². The van der Waals surface area contributed by atoms with Gasteiger partial charge in [-0.15, -0.1) is 0 Å². The highest BCUT2D eigenvalue weighted by Gasteiger charge is 2.17. The lowest BCUT2D eigenvalue weighted by Gasteiger charge is -2.01. The van der Waals surface area contributed by atoms with Crippen LogP contribution >= 0.6 is 0 Å². The molecule has 0 radical (unpaired) electrons. The van der Waals surface area contributed by atoms with Gasteiger partial charge in [-0.3, -0.25) is 10.1 Å². The van der Waals surface area contributed by atoms with Crippen molar-refractivity contribution in [1.82, 2.24) is 0 Å². The number of nitrogens with two attached hydrogens (primary N) is 1. The summed E-state index contributed by atoms with van der Waals surface area (Å²) in [5.74, 6) is 1.07. The summed E-state index contributed by atoms with van der Waals surface area (Å²) in [6.07, 6.45) is 0.